The highest BCUT2D eigenvalue weighted by Gasteiger charge is 2.39. The van der Waals surface area contributed by atoms with E-state index in [0.717, 1.165) is 10.5 Å². The number of carbonyl (C=O) groups is 3. The number of halogens is 2. The predicted molar refractivity (Wildman–Crippen MR) is 103 cm³/mol. The molecule has 1 heterocycles. The van der Waals surface area contributed by atoms with Gasteiger partial charge in [-0.25, -0.2) is 9.69 Å². The summed E-state index contributed by atoms with van der Waals surface area (Å²) in [5.74, 6) is -1.88. The molecule has 1 N–H and O–H groups in total. The van der Waals surface area contributed by atoms with E-state index in [0.29, 0.717) is 10.7 Å². The van der Waals surface area contributed by atoms with Crippen LogP contribution in [0.4, 0.5) is 11.4 Å². The number of hydrogen-bond donors (Lipinski definition) is 1. The summed E-state index contributed by atoms with van der Waals surface area (Å²) >= 11 is 12.1. The summed E-state index contributed by atoms with van der Waals surface area (Å²) < 4.78 is 4.66. The summed E-state index contributed by atoms with van der Waals surface area (Å²) in [5.41, 5.74) is 1.76. The topological polar surface area (TPSA) is 75.7 Å². The van der Waals surface area contributed by atoms with Crippen LogP contribution in [0, 0.1) is 6.92 Å². The molecule has 0 fully saturated rings. The lowest BCUT2D eigenvalue weighted by Crippen LogP contribution is -2.32. The number of nitrogens with zero attached hydrogens (tertiary/aromatic N) is 1. The van der Waals surface area contributed by atoms with E-state index in [4.69, 9.17) is 23.2 Å². The molecule has 0 bridgehead atoms. The van der Waals surface area contributed by atoms with Crippen molar-refractivity contribution in [1.29, 1.82) is 0 Å². The number of imide groups is 1. The Morgan fingerprint density at radius 1 is 1.07 bits per heavy atom. The third-order valence-electron chi connectivity index (χ3n) is 4.00. The number of rotatable bonds is 4. The third kappa shape index (κ3) is 3.54. The van der Waals surface area contributed by atoms with Crippen molar-refractivity contribution >= 4 is 52.4 Å². The standard InChI is InChI=1S/C19H14Cl2N2O4/c1-10-8-12(20)6-7-14(10)22-16-15(21)17(24)23(18(16)25)13-5-3-4-11(9-13)19(26)27-2/h3-9,22H,1-2H3. The molecular formula is C19H14Cl2N2O4. The number of benzene rings is 2. The van der Waals surface area contributed by atoms with Crippen LogP contribution in [0.25, 0.3) is 0 Å². The van der Waals surface area contributed by atoms with E-state index in [1.807, 2.05) is 6.92 Å². The Kier molecular flexibility index (Phi) is 5.21. The highest BCUT2D eigenvalue weighted by Crippen LogP contribution is 2.31. The van der Waals surface area contributed by atoms with Crippen molar-refractivity contribution < 1.29 is 19.1 Å². The fourth-order valence-electron chi connectivity index (χ4n) is 2.64. The highest BCUT2D eigenvalue weighted by atomic mass is 35.5. The van der Waals surface area contributed by atoms with Crippen LogP contribution in [0.3, 0.4) is 0 Å². The molecule has 0 spiro atoms. The molecule has 2 amide bonds. The number of anilines is 2. The number of carbonyl (C=O) groups excluding carboxylic acids is 3. The number of amides is 2. The monoisotopic (exact) mass is 404 g/mol. The van der Waals surface area contributed by atoms with Gasteiger partial charge in [0.15, 0.2) is 0 Å². The Bertz CT molecular complexity index is 1000. The van der Waals surface area contributed by atoms with Crippen LogP contribution >= 0.6 is 23.2 Å². The number of esters is 1. The summed E-state index contributed by atoms with van der Waals surface area (Å²) in [6, 6.07) is 11.1. The molecule has 0 radical (unpaired) electrons. The van der Waals surface area contributed by atoms with Gasteiger partial charge >= 0.3 is 5.97 Å². The molecular weight excluding hydrogens is 391 g/mol. The van der Waals surface area contributed by atoms with Crippen LogP contribution in [0.5, 0.6) is 0 Å². The molecule has 138 valence electrons. The molecule has 0 unspecified atom stereocenters. The molecule has 0 saturated heterocycles. The van der Waals surface area contributed by atoms with E-state index in [2.05, 4.69) is 10.1 Å². The van der Waals surface area contributed by atoms with Crippen LogP contribution in [-0.4, -0.2) is 24.9 Å². The zero-order valence-corrected chi connectivity index (χ0v) is 15.9. The molecule has 1 aliphatic rings. The SMILES string of the molecule is COC(=O)c1cccc(N2C(=O)C(Cl)=C(Nc3ccc(Cl)cc3C)C2=O)c1. The quantitative estimate of drug-likeness (QED) is 0.618. The number of aryl methyl sites for hydroxylation is 1. The van der Waals surface area contributed by atoms with Gasteiger partial charge in [0, 0.05) is 10.7 Å². The summed E-state index contributed by atoms with van der Waals surface area (Å²) in [5, 5.41) is 3.21. The zero-order valence-electron chi connectivity index (χ0n) is 14.4. The van der Waals surface area contributed by atoms with Crippen molar-refractivity contribution in [2.24, 2.45) is 0 Å². The number of methoxy groups -OCH3 is 1. The summed E-state index contributed by atoms with van der Waals surface area (Å²) in [4.78, 5) is 38.0. The van der Waals surface area contributed by atoms with Crippen molar-refractivity contribution in [3.05, 3.63) is 69.3 Å². The van der Waals surface area contributed by atoms with Gasteiger partial charge in [0.1, 0.15) is 10.7 Å². The Morgan fingerprint density at radius 2 is 1.81 bits per heavy atom. The Balaban J connectivity index is 1.93. The number of hydrogen-bond acceptors (Lipinski definition) is 5. The minimum Gasteiger partial charge on any atom is -0.465 e. The van der Waals surface area contributed by atoms with E-state index in [-0.39, 0.29) is 22.0 Å². The predicted octanol–water partition coefficient (Wildman–Crippen LogP) is 3.87. The maximum atomic E-state index is 12.8. The minimum absolute atomic E-state index is 0.0458. The fourth-order valence-corrected chi connectivity index (χ4v) is 3.08. The number of nitrogens with one attached hydrogen (secondary N) is 1. The Morgan fingerprint density at radius 3 is 2.48 bits per heavy atom. The molecule has 3 rings (SSSR count). The smallest absolute Gasteiger partial charge is 0.337 e. The van der Waals surface area contributed by atoms with Crippen molar-refractivity contribution in [2.75, 3.05) is 17.3 Å². The largest absolute Gasteiger partial charge is 0.465 e. The van der Waals surface area contributed by atoms with Gasteiger partial charge in [0.2, 0.25) is 0 Å². The molecule has 0 saturated carbocycles. The van der Waals surface area contributed by atoms with E-state index >= 15 is 0 Å². The molecule has 2 aromatic carbocycles. The van der Waals surface area contributed by atoms with Crippen LogP contribution in [0.2, 0.25) is 5.02 Å². The maximum absolute atomic E-state index is 12.8. The first kappa shape index (κ1) is 18.9. The summed E-state index contributed by atoms with van der Waals surface area (Å²) in [7, 11) is 1.25. The van der Waals surface area contributed by atoms with E-state index in [9.17, 15) is 14.4 Å². The summed E-state index contributed by atoms with van der Waals surface area (Å²) in [6.07, 6.45) is 0. The van der Waals surface area contributed by atoms with Crippen LogP contribution in [-0.2, 0) is 14.3 Å². The third-order valence-corrected chi connectivity index (χ3v) is 4.59. The van der Waals surface area contributed by atoms with Gasteiger partial charge in [-0.2, -0.15) is 0 Å². The molecule has 0 aromatic heterocycles. The Labute approximate surface area is 165 Å². The second-order valence-corrected chi connectivity index (χ2v) is 6.58. The fraction of sp³-hybridized carbons (Fsp3) is 0.105. The summed E-state index contributed by atoms with van der Waals surface area (Å²) in [6.45, 7) is 1.81. The molecule has 6 nitrogen and oxygen atoms in total. The van der Waals surface area contributed by atoms with Gasteiger partial charge in [-0.05, 0) is 48.9 Å². The zero-order chi connectivity index (χ0) is 19.7. The van der Waals surface area contributed by atoms with Gasteiger partial charge in [0.25, 0.3) is 11.8 Å². The van der Waals surface area contributed by atoms with Gasteiger partial charge in [-0.1, -0.05) is 29.3 Å². The molecule has 27 heavy (non-hydrogen) atoms. The van der Waals surface area contributed by atoms with Gasteiger partial charge in [-0.15, -0.1) is 0 Å². The first-order chi connectivity index (χ1) is 12.8. The Hall–Kier alpha value is -2.83. The van der Waals surface area contributed by atoms with Gasteiger partial charge in [0.05, 0.1) is 18.4 Å². The van der Waals surface area contributed by atoms with E-state index < -0.39 is 17.8 Å². The van der Waals surface area contributed by atoms with Crippen LogP contribution in [0.1, 0.15) is 15.9 Å². The first-order valence-corrected chi connectivity index (χ1v) is 8.59. The van der Waals surface area contributed by atoms with Crippen molar-refractivity contribution in [2.45, 2.75) is 6.92 Å². The average molecular weight is 405 g/mol. The van der Waals surface area contributed by atoms with Crippen LogP contribution in [0.15, 0.2) is 53.2 Å². The minimum atomic E-state index is -0.683. The van der Waals surface area contributed by atoms with Gasteiger partial charge < -0.3 is 10.1 Å². The molecule has 0 atom stereocenters. The maximum Gasteiger partial charge on any atom is 0.337 e. The lowest BCUT2D eigenvalue weighted by molar-refractivity contribution is -0.120. The highest BCUT2D eigenvalue weighted by molar-refractivity contribution is 6.53. The molecule has 1 aliphatic heterocycles. The average Bonchev–Trinajstić information content (AvgIpc) is 2.86. The lowest BCUT2D eigenvalue weighted by Gasteiger charge is -2.16. The molecule has 8 heteroatoms. The molecule has 2 aromatic rings. The normalized spacial score (nSPS) is 14.0. The van der Waals surface area contributed by atoms with E-state index in [1.165, 1.54) is 25.3 Å². The van der Waals surface area contributed by atoms with Crippen molar-refractivity contribution in [3.8, 4) is 0 Å². The van der Waals surface area contributed by atoms with E-state index in [1.54, 1.807) is 24.3 Å². The van der Waals surface area contributed by atoms with Crippen LogP contribution < -0.4 is 10.2 Å². The molecule has 0 aliphatic carbocycles. The van der Waals surface area contributed by atoms with Crippen molar-refractivity contribution in [3.63, 3.8) is 0 Å². The first-order valence-electron chi connectivity index (χ1n) is 7.83. The lowest BCUT2D eigenvalue weighted by atomic mass is 10.2. The van der Waals surface area contributed by atoms with Crippen molar-refractivity contribution in [1.82, 2.24) is 0 Å². The number of ether oxygens (including phenoxy) is 1. The second kappa shape index (κ2) is 7.42. The van der Waals surface area contributed by atoms with Gasteiger partial charge in [-0.3, -0.25) is 9.59 Å². The second-order valence-electron chi connectivity index (χ2n) is 5.76.